The lowest BCUT2D eigenvalue weighted by Crippen LogP contribution is -2.30. The lowest BCUT2D eigenvalue weighted by atomic mass is 10.2. The summed E-state index contributed by atoms with van der Waals surface area (Å²) in [5.74, 6) is 1.29. The topological polar surface area (TPSA) is 106 Å². The molecule has 2 aromatic rings. The van der Waals surface area contributed by atoms with Crippen molar-refractivity contribution < 1.29 is 22.7 Å². The van der Waals surface area contributed by atoms with E-state index in [9.17, 15) is 13.2 Å². The highest BCUT2D eigenvalue weighted by atomic mass is 32.2. The third-order valence-corrected chi connectivity index (χ3v) is 6.33. The highest BCUT2D eigenvalue weighted by Crippen LogP contribution is 2.28. The van der Waals surface area contributed by atoms with Gasteiger partial charge in [0.2, 0.25) is 5.91 Å². The Morgan fingerprint density at radius 3 is 2.76 bits per heavy atom. The molecule has 9 heteroatoms. The summed E-state index contributed by atoms with van der Waals surface area (Å²) in [7, 11) is -2.23. The molecule has 1 aliphatic rings. The molecule has 2 aromatic carbocycles. The van der Waals surface area contributed by atoms with Crippen LogP contribution in [0.25, 0.3) is 6.08 Å². The first-order chi connectivity index (χ1) is 15.9. The molecule has 0 bridgehead atoms. The molecule has 33 heavy (non-hydrogen) atoms. The standard InChI is InChI=1S/C24H29N3O5S/c1-3-32-21-13-11-18(16-22(21)31-2)12-14-24(28)26-19-8-7-9-20(17-19)33(29,30)27-23-10-5-4-6-15-25-23/h7-9,11-14,16-17H,3-6,10,15H2,1-2H3,(H,25,27)(H,26,28). The fraction of sp³-hybridized carbons (Fsp3) is 0.333. The summed E-state index contributed by atoms with van der Waals surface area (Å²) in [6, 6.07) is 11.5. The van der Waals surface area contributed by atoms with Crippen LogP contribution in [0, 0.1) is 0 Å². The molecule has 0 radical (unpaired) electrons. The number of carbonyl (C=O) groups is 1. The van der Waals surface area contributed by atoms with Crippen LogP contribution >= 0.6 is 0 Å². The minimum Gasteiger partial charge on any atom is -0.493 e. The second-order valence-electron chi connectivity index (χ2n) is 7.44. The number of hydrogen-bond donors (Lipinski definition) is 2. The van der Waals surface area contributed by atoms with E-state index < -0.39 is 15.9 Å². The number of hydrogen-bond acceptors (Lipinski definition) is 6. The molecule has 0 unspecified atom stereocenters. The molecule has 8 nitrogen and oxygen atoms in total. The van der Waals surface area contributed by atoms with Gasteiger partial charge in [0.1, 0.15) is 5.84 Å². The second kappa shape index (κ2) is 11.5. The Labute approximate surface area is 194 Å². The molecular weight excluding hydrogens is 442 g/mol. The molecule has 1 amide bonds. The van der Waals surface area contributed by atoms with E-state index in [0.717, 1.165) is 24.8 Å². The third kappa shape index (κ3) is 7.08. The van der Waals surface area contributed by atoms with Crippen molar-refractivity contribution in [2.45, 2.75) is 37.5 Å². The first kappa shape index (κ1) is 24.3. The van der Waals surface area contributed by atoms with E-state index in [4.69, 9.17) is 9.47 Å². The summed E-state index contributed by atoms with van der Waals surface area (Å²) in [4.78, 5) is 16.8. The van der Waals surface area contributed by atoms with Crippen LogP contribution in [0.1, 0.15) is 38.2 Å². The average molecular weight is 472 g/mol. The molecule has 0 saturated heterocycles. The van der Waals surface area contributed by atoms with E-state index in [1.165, 1.54) is 18.2 Å². The van der Waals surface area contributed by atoms with Gasteiger partial charge >= 0.3 is 0 Å². The van der Waals surface area contributed by atoms with Crippen molar-refractivity contribution >= 4 is 33.5 Å². The molecule has 0 aromatic heterocycles. The van der Waals surface area contributed by atoms with Gasteiger partial charge in [0.15, 0.2) is 11.5 Å². The summed E-state index contributed by atoms with van der Waals surface area (Å²) in [5, 5.41) is 2.69. The maximum absolute atomic E-state index is 12.8. The minimum atomic E-state index is -3.78. The Bertz CT molecular complexity index is 1140. The van der Waals surface area contributed by atoms with Gasteiger partial charge in [-0.25, -0.2) is 8.42 Å². The van der Waals surface area contributed by atoms with Gasteiger partial charge in [-0.3, -0.25) is 14.5 Å². The van der Waals surface area contributed by atoms with Crippen molar-refractivity contribution in [3.05, 3.63) is 54.1 Å². The van der Waals surface area contributed by atoms with Crippen molar-refractivity contribution in [2.75, 3.05) is 25.6 Å². The van der Waals surface area contributed by atoms with Crippen LogP contribution in [0.15, 0.2) is 58.4 Å². The number of amidine groups is 1. The van der Waals surface area contributed by atoms with E-state index in [2.05, 4.69) is 15.0 Å². The smallest absolute Gasteiger partial charge is 0.262 e. The average Bonchev–Trinajstić information content (AvgIpc) is 3.07. The number of amides is 1. The van der Waals surface area contributed by atoms with Crippen molar-refractivity contribution in [3.8, 4) is 11.5 Å². The lowest BCUT2D eigenvalue weighted by Gasteiger charge is -2.11. The van der Waals surface area contributed by atoms with Crippen LogP contribution < -0.4 is 19.5 Å². The van der Waals surface area contributed by atoms with Crippen LogP contribution in [0.5, 0.6) is 11.5 Å². The van der Waals surface area contributed by atoms with Gasteiger partial charge in [0.05, 0.1) is 18.6 Å². The summed E-state index contributed by atoms with van der Waals surface area (Å²) in [5.41, 5.74) is 1.13. The summed E-state index contributed by atoms with van der Waals surface area (Å²) in [6.07, 6.45) is 6.52. The molecule has 3 rings (SSSR count). The molecule has 0 aliphatic carbocycles. The summed E-state index contributed by atoms with van der Waals surface area (Å²) in [6.45, 7) is 3.03. The zero-order chi connectivity index (χ0) is 23.7. The monoisotopic (exact) mass is 471 g/mol. The first-order valence-electron chi connectivity index (χ1n) is 10.9. The molecule has 1 heterocycles. The SMILES string of the molecule is CCOc1ccc(C=CC(=O)Nc2cccc(S(=O)(=O)NC3=NCCCCC3)c2)cc1OC. The highest BCUT2D eigenvalue weighted by Gasteiger charge is 2.18. The Kier molecular flexibility index (Phi) is 8.48. The van der Waals surface area contributed by atoms with E-state index in [1.54, 1.807) is 37.5 Å². The molecule has 2 N–H and O–H groups in total. The molecule has 0 saturated carbocycles. The molecule has 0 atom stereocenters. The van der Waals surface area contributed by atoms with Gasteiger partial charge < -0.3 is 14.8 Å². The first-order valence-corrected chi connectivity index (χ1v) is 12.4. The molecule has 0 spiro atoms. The lowest BCUT2D eigenvalue weighted by molar-refractivity contribution is -0.111. The maximum atomic E-state index is 12.8. The molecule has 1 aliphatic heterocycles. The van der Waals surface area contributed by atoms with E-state index in [1.807, 2.05) is 13.0 Å². The highest BCUT2D eigenvalue weighted by molar-refractivity contribution is 7.90. The van der Waals surface area contributed by atoms with Crippen molar-refractivity contribution in [2.24, 2.45) is 4.99 Å². The van der Waals surface area contributed by atoms with Crippen LogP contribution in [-0.4, -0.2) is 40.4 Å². The number of nitrogens with one attached hydrogen (secondary N) is 2. The number of rotatable bonds is 8. The van der Waals surface area contributed by atoms with E-state index in [0.29, 0.717) is 42.6 Å². The van der Waals surface area contributed by atoms with E-state index in [-0.39, 0.29) is 4.90 Å². The molecule has 176 valence electrons. The number of ether oxygens (including phenoxy) is 2. The number of sulfonamides is 1. The van der Waals surface area contributed by atoms with Crippen LogP contribution in [0.2, 0.25) is 0 Å². The Hall–Kier alpha value is -3.33. The molecular formula is C24H29N3O5S. The maximum Gasteiger partial charge on any atom is 0.262 e. The Morgan fingerprint density at radius 2 is 1.97 bits per heavy atom. The summed E-state index contributed by atoms with van der Waals surface area (Å²) < 4.78 is 38.9. The normalized spacial score (nSPS) is 14.3. The van der Waals surface area contributed by atoms with Gasteiger partial charge in [-0.15, -0.1) is 0 Å². The quantitative estimate of drug-likeness (QED) is 0.566. The van der Waals surface area contributed by atoms with Crippen molar-refractivity contribution in [3.63, 3.8) is 0 Å². The van der Waals surface area contributed by atoms with Crippen LogP contribution in [0.3, 0.4) is 0 Å². The van der Waals surface area contributed by atoms with E-state index >= 15 is 0 Å². The zero-order valence-electron chi connectivity index (χ0n) is 18.8. The van der Waals surface area contributed by atoms with Gasteiger partial charge in [0, 0.05) is 24.7 Å². The number of carbonyl (C=O) groups excluding carboxylic acids is 1. The van der Waals surface area contributed by atoms with Crippen molar-refractivity contribution in [1.82, 2.24) is 4.72 Å². The van der Waals surface area contributed by atoms with Gasteiger partial charge in [0.25, 0.3) is 10.0 Å². The second-order valence-corrected chi connectivity index (χ2v) is 9.12. The fourth-order valence-electron chi connectivity index (χ4n) is 3.33. The number of nitrogens with zero attached hydrogens (tertiary/aromatic N) is 1. The Balaban J connectivity index is 1.67. The number of aliphatic imine (C=N–C) groups is 1. The number of methoxy groups -OCH3 is 1. The van der Waals surface area contributed by atoms with Gasteiger partial charge in [-0.1, -0.05) is 18.6 Å². The van der Waals surface area contributed by atoms with Gasteiger partial charge in [-0.05, 0) is 61.7 Å². The predicted octanol–water partition coefficient (Wildman–Crippen LogP) is 4.00. The largest absolute Gasteiger partial charge is 0.493 e. The predicted molar refractivity (Wildman–Crippen MR) is 129 cm³/mol. The fourth-order valence-corrected chi connectivity index (χ4v) is 4.47. The molecule has 0 fully saturated rings. The number of benzene rings is 2. The summed E-state index contributed by atoms with van der Waals surface area (Å²) >= 11 is 0. The number of anilines is 1. The zero-order valence-corrected chi connectivity index (χ0v) is 19.7. The van der Waals surface area contributed by atoms with Crippen molar-refractivity contribution in [1.29, 1.82) is 0 Å². The van der Waals surface area contributed by atoms with Gasteiger partial charge in [-0.2, -0.15) is 0 Å². The van der Waals surface area contributed by atoms with Crippen LogP contribution in [0.4, 0.5) is 5.69 Å². The minimum absolute atomic E-state index is 0.0625. The van der Waals surface area contributed by atoms with Crippen LogP contribution in [-0.2, 0) is 14.8 Å². The third-order valence-electron chi connectivity index (χ3n) is 4.95. The Morgan fingerprint density at radius 1 is 1.12 bits per heavy atom.